The van der Waals surface area contributed by atoms with Crippen LogP contribution in [0.25, 0.3) is 0 Å². The van der Waals surface area contributed by atoms with E-state index in [1.165, 1.54) is 37.4 Å². The molecule has 2 atom stereocenters. The number of hydrogen-bond donors (Lipinski definition) is 2. The summed E-state index contributed by atoms with van der Waals surface area (Å²) >= 11 is 0. The second-order valence-electron chi connectivity index (χ2n) is 6.07. The van der Waals surface area contributed by atoms with Crippen LogP contribution in [0, 0.1) is 17.1 Å². The van der Waals surface area contributed by atoms with Crippen molar-refractivity contribution in [2.45, 2.75) is 18.8 Å². The first-order valence-corrected chi connectivity index (χ1v) is 7.91. The van der Waals surface area contributed by atoms with Crippen LogP contribution in [0.2, 0.25) is 0 Å². The number of halogens is 2. The Balaban J connectivity index is 1.90. The number of aromatic nitrogens is 1. The summed E-state index contributed by atoms with van der Waals surface area (Å²) < 4.78 is 33.6. The van der Waals surface area contributed by atoms with Gasteiger partial charge in [-0.2, -0.15) is 5.26 Å². The van der Waals surface area contributed by atoms with E-state index in [1.807, 2.05) is 6.07 Å². The summed E-state index contributed by atoms with van der Waals surface area (Å²) in [6.07, 6.45) is -0.637. The summed E-state index contributed by atoms with van der Waals surface area (Å²) in [6, 6.07) is 8.43. The molecule has 1 aromatic carbocycles. The molecule has 0 radical (unpaired) electrons. The fourth-order valence-corrected chi connectivity index (χ4v) is 2.66. The van der Waals surface area contributed by atoms with Crippen LogP contribution in [0.15, 0.2) is 41.5 Å². The Labute approximate surface area is 153 Å². The van der Waals surface area contributed by atoms with Crippen LogP contribution in [-0.2, 0) is 10.3 Å². The molecule has 3 N–H and O–H groups in total. The molecule has 1 aliphatic heterocycles. The maximum atomic E-state index is 14.4. The maximum Gasteiger partial charge on any atom is 0.274 e. The highest BCUT2D eigenvalue weighted by atomic mass is 19.1. The number of nitrogens with one attached hydrogen (secondary N) is 1. The molecule has 7 nitrogen and oxygen atoms in total. The average Bonchev–Trinajstić information content (AvgIpc) is 2.66. The number of carbonyl (C=O) groups excluding carboxylic acids is 1. The summed E-state index contributed by atoms with van der Waals surface area (Å²) in [6.45, 7) is 1.18. The number of nitrogens with two attached hydrogens (primary N) is 1. The standard InChI is InChI=1S/C18H15F2N5O2/c1-18(17(20)27-9-15(22)25-18)12-6-11(3-4-13(12)19)24-16(26)14-5-2-10(7-21)8-23-14/h2-6,8,17H,9H2,1H3,(H2,22,25)(H,24,26). The smallest absolute Gasteiger partial charge is 0.274 e. The van der Waals surface area contributed by atoms with E-state index in [4.69, 9.17) is 15.7 Å². The lowest BCUT2D eigenvalue weighted by molar-refractivity contribution is -0.0805. The number of amides is 1. The monoisotopic (exact) mass is 371 g/mol. The Kier molecular flexibility index (Phi) is 4.83. The number of anilines is 1. The van der Waals surface area contributed by atoms with E-state index in [9.17, 15) is 13.6 Å². The Morgan fingerprint density at radius 2 is 2.22 bits per heavy atom. The van der Waals surface area contributed by atoms with Gasteiger partial charge in [-0.15, -0.1) is 0 Å². The minimum absolute atomic E-state index is 0.0435. The van der Waals surface area contributed by atoms with E-state index in [0.29, 0.717) is 5.56 Å². The van der Waals surface area contributed by atoms with Gasteiger partial charge in [0.2, 0.25) is 6.36 Å². The third-order valence-electron chi connectivity index (χ3n) is 4.09. The SMILES string of the molecule is CC1(c2cc(NC(=O)c3ccc(C#N)cn3)ccc2F)N=C(N)COC1F. The zero-order chi connectivity index (χ0) is 19.6. The number of hydrogen-bond acceptors (Lipinski definition) is 6. The molecule has 0 saturated heterocycles. The fraction of sp³-hybridized carbons (Fsp3) is 0.222. The third kappa shape index (κ3) is 3.61. The number of nitriles is 1. The second-order valence-corrected chi connectivity index (χ2v) is 6.07. The summed E-state index contributed by atoms with van der Waals surface area (Å²) in [5, 5.41) is 11.3. The minimum Gasteiger partial charge on any atom is -0.385 e. The van der Waals surface area contributed by atoms with Gasteiger partial charge in [-0.3, -0.25) is 9.79 Å². The van der Waals surface area contributed by atoms with E-state index in [1.54, 1.807) is 0 Å². The summed E-state index contributed by atoms with van der Waals surface area (Å²) in [5.74, 6) is -1.24. The van der Waals surface area contributed by atoms with Crippen molar-refractivity contribution in [3.8, 4) is 6.07 Å². The molecule has 2 unspecified atom stereocenters. The van der Waals surface area contributed by atoms with Crippen molar-refractivity contribution < 1.29 is 18.3 Å². The molecule has 27 heavy (non-hydrogen) atoms. The quantitative estimate of drug-likeness (QED) is 0.859. The molecule has 2 aromatic rings. The second kappa shape index (κ2) is 7.09. The van der Waals surface area contributed by atoms with Gasteiger partial charge in [-0.25, -0.2) is 13.8 Å². The third-order valence-corrected chi connectivity index (χ3v) is 4.09. The Morgan fingerprint density at radius 1 is 1.44 bits per heavy atom. The first kappa shape index (κ1) is 18.4. The van der Waals surface area contributed by atoms with Crippen molar-refractivity contribution in [3.63, 3.8) is 0 Å². The van der Waals surface area contributed by atoms with Crippen molar-refractivity contribution >= 4 is 17.4 Å². The molecule has 9 heteroatoms. The zero-order valence-electron chi connectivity index (χ0n) is 14.2. The lowest BCUT2D eigenvalue weighted by Gasteiger charge is -2.33. The van der Waals surface area contributed by atoms with E-state index < -0.39 is 23.6 Å². The molecule has 0 bridgehead atoms. The molecule has 0 fully saturated rings. The van der Waals surface area contributed by atoms with Crippen LogP contribution < -0.4 is 11.1 Å². The van der Waals surface area contributed by atoms with Gasteiger partial charge in [-0.05, 0) is 37.3 Å². The number of aliphatic imine (C=N–C) groups is 1. The number of nitrogens with zero attached hydrogens (tertiary/aromatic N) is 3. The highest BCUT2D eigenvalue weighted by Gasteiger charge is 2.42. The molecule has 0 spiro atoms. The molecule has 138 valence electrons. The summed E-state index contributed by atoms with van der Waals surface area (Å²) in [7, 11) is 0. The number of amidine groups is 1. The van der Waals surface area contributed by atoms with E-state index in [-0.39, 0.29) is 29.4 Å². The zero-order valence-corrected chi connectivity index (χ0v) is 14.2. The number of rotatable bonds is 3. The van der Waals surface area contributed by atoms with Gasteiger partial charge in [0.25, 0.3) is 5.91 Å². The highest BCUT2D eigenvalue weighted by molar-refractivity contribution is 6.02. The molecule has 2 heterocycles. The topological polar surface area (TPSA) is 113 Å². The van der Waals surface area contributed by atoms with Crippen molar-refractivity contribution in [2.75, 3.05) is 11.9 Å². The molecule has 3 rings (SSSR count). The van der Waals surface area contributed by atoms with Crippen molar-refractivity contribution in [1.29, 1.82) is 5.26 Å². The Hall–Kier alpha value is -3.38. The van der Waals surface area contributed by atoms with E-state index in [0.717, 1.165) is 6.07 Å². The molecule has 1 amide bonds. The Bertz CT molecular complexity index is 955. The van der Waals surface area contributed by atoms with Crippen LogP contribution in [0.3, 0.4) is 0 Å². The van der Waals surface area contributed by atoms with Crippen LogP contribution in [-0.4, -0.2) is 29.7 Å². The number of benzene rings is 1. The number of carbonyl (C=O) groups is 1. The Morgan fingerprint density at radius 3 is 2.89 bits per heavy atom. The minimum atomic E-state index is -1.90. The van der Waals surface area contributed by atoms with Gasteiger partial charge in [0.1, 0.15) is 35.6 Å². The molecule has 1 aromatic heterocycles. The molecular formula is C18H15F2N5O2. The first-order chi connectivity index (χ1) is 12.8. The highest BCUT2D eigenvalue weighted by Crippen LogP contribution is 2.37. The van der Waals surface area contributed by atoms with Crippen LogP contribution >= 0.6 is 0 Å². The molecule has 0 saturated carbocycles. The fourth-order valence-electron chi connectivity index (χ4n) is 2.66. The lowest BCUT2D eigenvalue weighted by atomic mass is 9.90. The van der Waals surface area contributed by atoms with Crippen LogP contribution in [0.5, 0.6) is 0 Å². The first-order valence-electron chi connectivity index (χ1n) is 7.91. The van der Waals surface area contributed by atoms with E-state index in [2.05, 4.69) is 15.3 Å². The van der Waals surface area contributed by atoms with Crippen molar-refractivity contribution in [3.05, 3.63) is 59.2 Å². The predicted octanol–water partition coefficient (Wildman–Crippen LogP) is 2.24. The van der Waals surface area contributed by atoms with Gasteiger partial charge in [-0.1, -0.05) is 0 Å². The van der Waals surface area contributed by atoms with Gasteiger partial charge in [0.05, 0.1) is 5.56 Å². The largest absolute Gasteiger partial charge is 0.385 e. The van der Waals surface area contributed by atoms with Crippen molar-refractivity contribution in [1.82, 2.24) is 4.98 Å². The van der Waals surface area contributed by atoms with Gasteiger partial charge in [0, 0.05) is 17.4 Å². The van der Waals surface area contributed by atoms with Gasteiger partial charge in [0.15, 0.2) is 0 Å². The average molecular weight is 371 g/mol. The molecule has 1 aliphatic rings. The summed E-state index contributed by atoms with van der Waals surface area (Å²) in [4.78, 5) is 20.2. The lowest BCUT2D eigenvalue weighted by Crippen LogP contribution is -2.43. The van der Waals surface area contributed by atoms with Gasteiger partial charge < -0.3 is 15.8 Å². The number of alkyl halides is 1. The van der Waals surface area contributed by atoms with Crippen molar-refractivity contribution in [2.24, 2.45) is 10.7 Å². The number of ether oxygens (including phenoxy) is 1. The van der Waals surface area contributed by atoms with Crippen LogP contribution in [0.1, 0.15) is 28.5 Å². The van der Waals surface area contributed by atoms with Crippen LogP contribution in [0.4, 0.5) is 14.5 Å². The molecule has 0 aliphatic carbocycles. The number of pyridine rings is 1. The van der Waals surface area contributed by atoms with E-state index >= 15 is 0 Å². The summed E-state index contributed by atoms with van der Waals surface area (Å²) in [5.41, 5.74) is 4.42. The van der Waals surface area contributed by atoms with Gasteiger partial charge >= 0.3 is 0 Å². The molecular weight excluding hydrogens is 356 g/mol. The predicted molar refractivity (Wildman–Crippen MR) is 93.1 cm³/mol. The maximum absolute atomic E-state index is 14.4. The normalized spacial score (nSPS) is 21.9.